The number of β-lactam (4-membered cyclic amide) rings is 1. The van der Waals surface area contributed by atoms with E-state index in [4.69, 9.17) is 10.8 Å². The summed E-state index contributed by atoms with van der Waals surface area (Å²) in [5.41, 5.74) is 5.48. The van der Waals surface area contributed by atoms with Crippen LogP contribution in [-0.2, 0) is 24.0 Å². The highest BCUT2D eigenvalue weighted by molar-refractivity contribution is 8.00. The van der Waals surface area contributed by atoms with Gasteiger partial charge >= 0.3 is 11.9 Å². The Morgan fingerprint density at radius 2 is 2.20 bits per heavy atom. The number of carbonyl (C=O) groups is 4. The van der Waals surface area contributed by atoms with Crippen molar-refractivity contribution in [3.63, 3.8) is 0 Å². The predicted octanol–water partition coefficient (Wildman–Crippen LogP) is -0.545. The van der Waals surface area contributed by atoms with Gasteiger partial charge in [-0.3, -0.25) is 14.5 Å². The summed E-state index contributed by atoms with van der Waals surface area (Å²) in [4.78, 5) is 57.1. The second kappa shape index (κ2) is 8.54. The number of aromatic nitrogens is 1. The number of fused-ring (bicyclic) bond motifs is 1. The monoisotopic (exact) mass is 456 g/mol. The Balaban J connectivity index is 1.79. The van der Waals surface area contributed by atoms with Crippen molar-refractivity contribution in [2.75, 3.05) is 18.1 Å². The fourth-order valence-corrected chi connectivity index (χ4v) is 4.65. The summed E-state index contributed by atoms with van der Waals surface area (Å²) in [7, 11) is 0. The topological polar surface area (TPSA) is 185 Å². The molecule has 0 spiro atoms. The minimum atomic E-state index is -1.30. The fourth-order valence-electron chi connectivity index (χ4n) is 2.76. The molecule has 0 aromatic carbocycles. The molecule has 5 N–H and O–H groups in total. The molecule has 3 rings (SSSR count). The van der Waals surface area contributed by atoms with E-state index in [2.05, 4.69) is 26.9 Å². The van der Waals surface area contributed by atoms with E-state index in [0.29, 0.717) is 11.3 Å². The molecule has 0 aliphatic carbocycles. The molecule has 2 aliphatic heterocycles. The van der Waals surface area contributed by atoms with Gasteiger partial charge in [-0.15, -0.1) is 23.1 Å². The third-order valence-corrected chi connectivity index (χ3v) is 6.03. The Labute approximate surface area is 177 Å². The molecule has 0 radical (unpaired) electrons. The SMILES string of the molecule is C=CC1=C(C(=O)O)N2C(=O)[C@@H](NC(=O)/C(=N\OCC(=O)O)c3cs[13c]([15NH2])[15n]3)[C@H]2SC1. The van der Waals surface area contributed by atoms with Gasteiger partial charge < -0.3 is 26.1 Å². The first-order chi connectivity index (χ1) is 14.2. The molecule has 1 saturated heterocycles. The highest BCUT2D eigenvalue weighted by atomic mass is 32.2. The summed E-state index contributed by atoms with van der Waals surface area (Å²) < 4.78 is 0. The molecule has 1 aromatic heterocycles. The second-order valence-electron chi connectivity index (χ2n) is 5.92. The quantitative estimate of drug-likeness (QED) is 0.171. The van der Waals surface area contributed by atoms with Crippen molar-refractivity contribution in [3.8, 4) is 0 Å². The van der Waals surface area contributed by atoms with E-state index in [9.17, 15) is 24.3 Å². The van der Waals surface area contributed by atoms with Gasteiger partial charge in [0.15, 0.2) is 10.8 Å². The molecule has 0 saturated carbocycles. The number of rotatable bonds is 8. The average molecular weight is 456 g/mol. The van der Waals surface area contributed by atoms with E-state index in [1.807, 2.05) is 0 Å². The molecule has 0 bridgehead atoms. The Kier molecular flexibility index (Phi) is 6.07. The van der Waals surface area contributed by atoms with Gasteiger partial charge in [-0.1, -0.05) is 17.8 Å². The van der Waals surface area contributed by atoms with Crippen molar-refractivity contribution in [2.24, 2.45) is 5.16 Å². The van der Waals surface area contributed by atoms with Crippen LogP contribution in [0.1, 0.15) is 5.69 Å². The van der Waals surface area contributed by atoms with Crippen LogP contribution in [0.3, 0.4) is 0 Å². The number of nitrogen functional groups attached to an aromatic ring is 1. The number of thiazole rings is 1. The maximum absolute atomic E-state index is 12.7. The molecule has 2 amide bonds. The summed E-state index contributed by atoms with van der Waals surface area (Å²) in [6.07, 6.45) is 1.38. The van der Waals surface area contributed by atoms with E-state index >= 15 is 0 Å². The van der Waals surface area contributed by atoms with Gasteiger partial charge in [-0.25, -0.2) is 14.6 Å². The zero-order valence-electron chi connectivity index (χ0n) is 15.1. The molecule has 158 valence electrons. The minimum absolute atomic E-state index is 0.0420. The van der Waals surface area contributed by atoms with Gasteiger partial charge in [0.25, 0.3) is 11.8 Å². The van der Waals surface area contributed by atoms with Crippen molar-refractivity contribution in [3.05, 3.63) is 35.0 Å². The first kappa shape index (κ1) is 21.3. The number of nitrogens with zero attached hydrogens (tertiary/aromatic N) is 3. The Morgan fingerprint density at radius 1 is 1.47 bits per heavy atom. The lowest BCUT2D eigenvalue weighted by Crippen LogP contribution is -2.71. The van der Waals surface area contributed by atoms with Crippen LogP contribution in [0.4, 0.5) is 5.13 Å². The Morgan fingerprint density at radius 3 is 2.77 bits per heavy atom. The Bertz CT molecular complexity index is 1000. The highest BCUT2D eigenvalue weighted by Gasteiger charge is 2.54. The number of carbonyl (C=O) groups excluding carboxylic acids is 2. The van der Waals surface area contributed by atoms with E-state index < -0.39 is 41.8 Å². The van der Waals surface area contributed by atoms with Crippen molar-refractivity contribution >= 4 is 57.7 Å². The number of allylic oxidation sites excluding steroid dienone is 1. The summed E-state index contributed by atoms with van der Waals surface area (Å²) >= 11 is 2.30. The van der Waals surface area contributed by atoms with Gasteiger partial charge in [-0.2, -0.15) is 0 Å². The maximum Gasteiger partial charge on any atom is 0.352 e. The normalized spacial score (nSPS) is 20.9. The number of amides is 2. The number of carboxylic acids is 2. The lowest BCUT2D eigenvalue weighted by atomic mass is 10.0. The molecule has 12 nitrogen and oxygen atoms in total. The van der Waals surface area contributed by atoms with Gasteiger partial charge in [0.05, 0.1) is 0 Å². The van der Waals surface area contributed by atoms with Crippen molar-refractivity contribution < 1.29 is 34.2 Å². The van der Waals surface area contributed by atoms with Crippen molar-refractivity contribution in [2.45, 2.75) is 11.4 Å². The lowest BCUT2D eigenvalue weighted by molar-refractivity contribution is -0.150. The molecule has 0 unspecified atom stereocenters. The third kappa shape index (κ3) is 3.99. The summed E-state index contributed by atoms with van der Waals surface area (Å²) in [6.45, 7) is 2.77. The van der Waals surface area contributed by atoms with Crippen LogP contribution >= 0.6 is 23.1 Å². The predicted molar refractivity (Wildman–Crippen MR) is 107 cm³/mol. The smallest absolute Gasteiger partial charge is 0.352 e. The van der Waals surface area contributed by atoms with Gasteiger partial charge in [-0.05, 0) is 5.57 Å². The van der Waals surface area contributed by atoms with E-state index in [1.165, 1.54) is 23.2 Å². The summed E-state index contributed by atoms with van der Waals surface area (Å²) in [5.74, 6) is -3.72. The fraction of sp³-hybridized carbons (Fsp3) is 0.250. The molecule has 2 atom stereocenters. The van der Waals surface area contributed by atoms with Crippen LogP contribution < -0.4 is 11.1 Å². The minimum Gasteiger partial charge on any atom is -0.479 e. The van der Waals surface area contributed by atoms with Gasteiger partial charge in [0, 0.05) is 11.1 Å². The largest absolute Gasteiger partial charge is 0.479 e. The zero-order chi connectivity index (χ0) is 22.0. The van der Waals surface area contributed by atoms with Crippen LogP contribution in [-0.4, -0.2) is 73.3 Å². The van der Waals surface area contributed by atoms with Gasteiger partial charge in [0.2, 0.25) is 6.61 Å². The van der Waals surface area contributed by atoms with Gasteiger partial charge in [0.1, 0.15) is 22.8 Å². The summed E-state index contributed by atoms with van der Waals surface area (Å²) in [6, 6.07) is -1.01. The van der Waals surface area contributed by atoms with E-state index in [1.54, 1.807) is 0 Å². The summed E-state index contributed by atoms with van der Waals surface area (Å²) in [5, 5.41) is 25.0. The van der Waals surface area contributed by atoms with E-state index in [0.717, 1.165) is 16.2 Å². The number of thioether (sulfide) groups is 1. The molecule has 1 aromatic rings. The second-order valence-corrected chi connectivity index (χ2v) is 7.92. The molecular weight excluding hydrogens is 441 g/mol. The number of hydrogen-bond acceptors (Lipinski definition) is 10. The molecular formula is C16H15N5O7S2. The van der Waals surface area contributed by atoms with E-state index in [-0.39, 0.29) is 22.2 Å². The van der Waals surface area contributed by atoms with Crippen LogP contribution in [0.25, 0.3) is 0 Å². The third-order valence-electron chi connectivity index (χ3n) is 4.06. The van der Waals surface area contributed by atoms with Crippen LogP contribution in [0.15, 0.2) is 34.5 Å². The number of nitrogens with one attached hydrogen (secondary N) is 1. The molecule has 30 heavy (non-hydrogen) atoms. The molecule has 2 aliphatic rings. The highest BCUT2D eigenvalue weighted by Crippen LogP contribution is 2.40. The molecule has 14 heteroatoms. The van der Waals surface area contributed by atoms with Crippen LogP contribution in [0.2, 0.25) is 0 Å². The zero-order valence-corrected chi connectivity index (χ0v) is 16.7. The number of nitrogens with two attached hydrogens (primary N) is 1. The average Bonchev–Trinajstić information content (AvgIpc) is 3.13. The maximum atomic E-state index is 12.7. The van der Waals surface area contributed by atoms with Crippen molar-refractivity contribution in [1.82, 2.24) is 15.2 Å². The number of oxime groups is 1. The molecule has 1 fully saturated rings. The van der Waals surface area contributed by atoms with Crippen LogP contribution in [0.5, 0.6) is 0 Å². The lowest BCUT2D eigenvalue weighted by Gasteiger charge is -2.49. The number of carboxylic acid groups (broad SMARTS) is 2. The molecule has 3 heterocycles. The van der Waals surface area contributed by atoms with Crippen molar-refractivity contribution in [1.29, 1.82) is 0 Å². The number of hydrogen-bond donors (Lipinski definition) is 4. The standard InChI is InChI=1S/C16H15N5O7S2/c1-2-6-4-29-14-10(13(25)21(14)11(6)15(26)27)19-12(24)9(20-28-3-8(22)23)7-5-30-16(17)18-7/h2,5,10,14H,1,3-4H2,(H2,17,18)(H,19,24)(H,22,23)(H,26,27)/b20-9-/t10-,14-/m1/s1/i16+1,17+1,18+1. The number of anilines is 1. The Hall–Kier alpha value is -3.39. The van der Waals surface area contributed by atoms with Crippen LogP contribution in [0, 0.1) is 0 Å². The first-order valence-electron chi connectivity index (χ1n) is 8.22. The number of aliphatic carboxylic acids is 2. The first-order valence-corrected chi connectivity index (χ1v) is 10.1.